The van der Waals surface area contributed by atoms with Gasteiger partial charge in [0.15, 0.2) is 6.10 Å². The van der Waals surface area contributed by atoms with E-state index in [-0.39, 0.29) is 16.3 Å². The van der Waals surface area contributed by atoms with Crippen LogP contribution in [0.3, 0.4) is 0 Å². The molecule has 0 aliphatic carbocycles. The van der Waals surface area contributed by atoms with Gasteiger partial charge in [-0.25, -0.2) is 0 Å². The lowest BCUT2D eigenvalue weighted by Crippen LogP contribution is -2.34. The fraction of sp³-hybridized carbons (Fsp3) is 0.300. The van der Waals surface area contributed by atoms with Crippen LogP contribution in [0.2, 0.25) is 5.02 Å². The summed E-state index contributed by atoms with van der Waals surface area (Å²) in [5.41, 5.74) is -0.0662. The van der Waals surface area contributed by atoms with Crippen LogP contribution in [0, 0.1) is 11.3 Å². The van der Waals surface area contributed by atoms with E-state index < -0.39 is 18.9 Å². The second kappa shape index (κ2) is 5.25. The molecule has 0 aliphatic heterocycles. The number of benzene rings is 1. The van der Waals surface area contributed by atoms with Gasteiger partial charge in [-0.05, 0) is 12.1 Å². The Morgan fingerprint density at radius 3 is 2.65 bits per heavy atom. The third-order valence-corrected chi connectivity index (χ3v) is 2.18. The van der Waals surface area contributed by atoms with Gasteiger partial charge in [0.25, 0.3) is 0 Å². The fourth-order valence-electron chi connectivity index (χ4n) is 0.996. The van der Waals surface area contributed by atoms with E-state index in [2.05, 4.69) is 0 Å². The van der Waals surface area contributed by atoms with Gasteiger partial charge >= 0.3 is 6.18 Å². The maximum Gasteiger partial charge on any atom is 0.417 e. The largest absolute Gasteiger partial charge is 0.489 e. The summed E-state index contributed by atoms with van der Waals surface area (Å²) in [7, 11) is 0. The first-order valence-corrected chi connectivity index (χ1v) is 4.80. The van der Waals surface area contributed by atoms with Crippen molar-refractivity contribution in [1.82, 2.24) is 0 Å². The molecule has 0 fully saturated rings. The van der Waals surface area contributed by atoms with Crippen molar-refractivity contribution in [3.63, 3.8) is 0 Å². The molecule has 0 aliphatic rings. The van der Waals surface area contributed by atoms with E-state index in [1.807, 2.05) is 0 Å². The monoisotopic (exact) mass is 265 g/mol. The summed E-state index contributed by atoms with van der Waals surface area (Å²) in [6, 6.07) is 5.84. The van der Waals surface area contributed by atoms with E-state index in [1.54, 1.807) is 6.07 Å². The summed E-state index contributed by atoms with van der Waals surface area (Å²) < 4.78 is 40.7. The van der Waals surface area contributed by atoms with Gasteiger partial charge in [-0.2, -0.15) is 18.4 Å². The molecule has 1 aromatic carbocycles. The maximum absolute atomic E-state index is 12.0. The Balaban J connectivity index is 2.78. The van der Waals surface area contributed by atoms with Crippen LogP contribution in [-0.2, 0) is 0 Å². The minimum Gasteiger partial charge on any atom is -0.489 e. The van der Waals surface area contributed by atoms with Gasteiger partial charge in [-0.15, -0.1) is 0 Å². The molecule has 92 valence electrons. The number of ether oxygens (including phenoxy) is 1. The molecule has 0 radical (unpaired) electrons. The number of hydrogen-bond acceptors (Lipinski definition) is 3. The van der Waals surface area contributed by atoms with E-state index in [1.165, 1.54) is 18.2 Å². The summed E-state index contributed by atoms with van der Waals surface area (Å²) in [4.78, 5) is 0. The normalized spacial score (nSPS) is 12.9. The molecular weight excluding hydrogens is 259 g/mol. The molecule has 0 spiro atoms. The molecule has 1 rings (SSSR count). The SMILES string of the molecule is N#Cc1c(Cl)cccc1OCC(O)C(F)(F)F. The van der Waals surface area contributed by atoms with Gasteiger partial charge in [-0.3, -0.25) is 0 Å². The van der Waals surface area contributed by atoms with Gasteiger partial charge in [0.2, 0.25) is 0 Å². The second-order valence-electron chi connectivity index (χ2n) is 3.09. The molecule has 1 aromatic rings. The van der Waals surface area contributed by atoms with Crippen LogP contribution in [0.25, 0.3) is 0 Å². The van der Waals surface area contributed by atoms with Crippen LogP contribution in [-0.4, -0.2) is 24.0 Å². The molecule has 0 heterocycles. The Morgan fingerprint density at radius 1 is 1.47 bits per heavy atom. The van der Waals surface area contributed by atoms with E-state index in [0.29, 0.717) is 0 Å². The Labute approximate surface area is 100.0 Å². The van der Waals surface area contributed by atoms with Crippen molar-refractivity contribution in [3.8, 4) is 11.8 Å². The Hall–Kier alpha value is -1.45. The first kappa shape index (κ1) is 13.6. The topological polar surface area (TPSA) is 53.2 Å². The molecule has 1 unspecified atom stereocenters. The number of halogens is 4. The molecule has 0 aromatic heterocycles. The molecule has 0 amide bonds. The second-order valence-corrected chi connectivity index (χ2v) is 3.50. The van der Waals surface area contributed by atoms with Crippen LogP contribution in [0.15, 0.2) is 18.2 Å². The standard InChI is InChI=1S/C10H7ClF3NO2/c11-7-2-1-3-8(6(7)4-15)17-5-9(16)10(12,13)14/h1-3,9,16H,5H2. The number of alkyl halides is 3. The molecule has 0 saturated carbocycles. The van der Waals surface area contributed by atoms with Gasteiger partial charge in [-0.1, -0.05) is 17.7 Å². The summed E-state index contributed by atoms with van der Waals surface area (Å²) in [5, 5.41) is 17.5. The average molecular weight is 266 g/mol. The van der Waals surface area contributed by atoms with Crippen LogP contribution in [0.5, 0.6) is 5.75 Å². The molecule has 0 saturated heterocycles. The van der Waals surface area contributed by atoms with Gasteiger partial charge < -0.3 is 9.84 Å². The summed E-state index contributed by atoms with van der Waals surface area (Å²) >= 11 is 5.65. The lowest BCUT2D eigenvalue weighted by atomic mass is 10.2. The number of hydrogen-bond donors (Lipinski definition) is 1. The lowest BCUT2D eigenvalue weighted by molar-refractivity contribution is -0.210. The van der Waals surface area contributed by atoms with Crippen LogP contribution >= 0.6 is 11.6 Å². The smallest absolute Gasteiger partial charge is 0.417 e. The molecular formula is C10H7ClF3NO2. The summed E-state index contributed by atoms with van der Waals surface area (Å²) in [5.74, 6) is -0.0942. The average Bonchev–Trinajstić information content (AvgIpc) is 2.24. The number of aliphatic hydroxyl groups is 1. The van der Waals surface area contributed by atoms with Crippen molar-refractivity contribution < 1.29 is 23.0 Å². The minimum absolute atomic E-state index is 0.0662. The van der Waals surface area contributed by atoms with Crippen molar-refractivity contribution >= 4 is 11.6 Å². The number of nitrogens with zero attached hydrogens (tertiary/aromatic N) is 1. The number of rotatable bonds is 3. The fourth-order valence-corrected chi connectivity index (χ4v) is 1.20. The lowest BCUT2D eigenvalue weighted by Gasteiger charge is -2.15. The molecule has 1 N–H and O–H groups in total. The van der Waals surface area contributed by atoms with E-state index in [0.717, 1.165) is 0 Å². The number of aliphatic hydroxyl groups excluding tert-OH is 1. The maximum atomic E-state index is 12.0. The van der Waals surface area contributed by atoms with E-state index >= 15 is 0 Å². The molecule has 7 heteroatoms. The van der Waals surface area contributed by atoms with Crippen LogP contribution in [0.1, 0.15) is 5.56 Å². The van der Waals surface area contributed by atoms with Crippen molar-refractivity contribution in [3.05, 3.63) is 28.8 Å². The highest BCUT2D eigenvalue weighted by Crippen LogP contribution is 2.27. The zero-order chi connectivity index (χ0) is 13.1. The van der Waals surface area contributed by atoms with Crippen molar-refractivity contribution in [1.29, 1.82) is 5.26 Å². The molecule has 0 bridgehead atoms. The highest BCUT2D eigenvalue weighted by Gasteiger charge is 2.38. The summed E-state index contributed by atoms with van der Waals surface area (Å²) in [6.45, 7) is -0.988. The van der Waals surface area contributed by atoms with Gasteiger partial charge in [0.05, 0.1) is 5.02 Å². The number of nitriles is 1. The zero-order valence-corrected chi connectivity index (χ0v) is 9.09. The van der Waals surface area contributed by atoms with Crippen LogP contribution in [0.4, 0.5) is 13.2 Å². The molecule has 3 nitrogen and oxygen atoms in total. The van der Waals surface area contributed by atoms with E-state index in [4.69, 9.17) is 26.7 Å². The van der Waals surface area contributed by atoms with Crippen molar-refractivity contribution in [2.45, 2.75) is 12.3 Å². The highest BCUT2D eigenvalue weighted by molar-refractivity contribution is 6.31. The van der Waals surface area contributed by atoms with Crippen LogP contribution < -0.4 is 4.74 Å². The van der Waals surface area contributed by atoms with Crippen molar-refractivity contribution in [2.24, 2.45) is 0 Å². The van der Waals surface area contributed by atoms with Gasteiger partial charge in [0.1, 0.15) is 24.0 Å². The molecule has 1 atom stereocenters. The quantitative estimate of drug-likeness (QED) is 0.914. The predicted molar refractivity (Wildman–Crippen MR) is 53.7 cm³/mol. The Kier molecular flexibility index (Phi) is 4.21. The third-order valence-electron chi connectivity index (χ3n) is 1.86. The minimum atomic E-state index is -4.76. The zero-order valence-electron chi connectivity index (χ0n) is 8.33. The van der Waals surface area contributed by atoms with Crippen molar-refractivity contribution in [2.75, 3.05) is 6.61 Å². The molecule has 17 heavy (non-hydrogen) atoms. The highest BCUT2D eigenvalue weighted by atomic mass is 35.5. The Morgan fingerprint density at radius 2 is 2.12 bits per heavy atom. The van der Waals surface area contributed by atoms with E-state index in [9.17, 15) is 13.2 Å². The summed E-state index contributed by atoms with van der Waals surface area (Å²) in [6.07, 6.45) is -7.36. The van der Waals surface area contributed by atoms with Gasteiger partial charge in [0, 0.05) is 0 Å². The third kappa shape index (κ3) is 3.51. The predicted octanol–water partition coefficient (Wildman–Crippen LogP) is 2.51. The Bertz CT molecular complexity index is 442. The first-order chi connectivity index (χ1) is 7.86. The first-order valence-electron chi connectivity index (χ1n) is 4.42.